The zero-order valence-corrected chi connectivity index (χ0v) is 9.64. The number of nitrogen functional groups attached to an aromatic ring is 1. The third kappa shape index (κ3) is 3.47. The van der Waals surface area contributed by atoms with Gasteiger partial charge >= 0.3 is 0 Å². The third-order valence-corrected chi connectivity index (χ3v) is 1.88. The van der Waals surface area contributed by atoms with E-state index in [0.717, 1.165) is 0 Å². The van der Waals surface area contributed by atoms with Crippen LogP contribution in [0.1, 0.15) is 24.3 Å². The highest BCUT2D eigenvalue weighted by Crippen LogP contribution is 2.07. The van der Waals surface area contributed by atoms with Crippen molar-refractivity contribution < 1.29 is 9.90 Å². The molecule has 6 nitrogen and oxygen atoms in total. The van der Waals surface area contributed by atoms with Crippen molar-refractivity contribution in [1.82, 2.24) is 15.1 Å². The second-order valence-electron chi connectivity index (χ2n) is 4.32. The normalized spacial score (nSPS) is 11.2. The number of hydrogen-bond donors (Lipinski definition) is 2. The van der Waals surface area contributed by atoms with Crippen LogP contribution < -0.4 is 5.73 Å². The van der Waals surface area contributed by atoms with Crippen molar-refractivity contribution in [3.8, 4) is 0 Å². The molecule has 0 radical (unpaired) electrons. The molecule has 0 unspecified atom stereocenters. The van der Waals surface area contributed by atoms with Crippen molar-refractivity contribution >= 4 is 11.7 Å². The quantitative estimate of drug-likeness (QED) is 0.748. The molecule has 6 heteroatoms. The van der Waals surface area contributed by atoms with E-state index in [9.17, 15) is 9.90 Å². The van der Waals surface area contributed by atoms with Gasteiger partial charge in [-0.3, -0.25) is 4.79 Å². The van der Waals surface area contributed by atoms with Crippen LogP contribution in [0.4, 0.5) is 5.82 Å². The maximum Gasteiger partial charge on any atom is 0.274 e. The van der Waals surface area contributed by atoms with Gasteiger partial charge in [-0.05, 0) is 26.0 Å². The number of carbonyl (C=O) groups is 1. The molecule has 0 saturated carbocycles. The Bertz CT molecular complexity index is 369. The highest BCUT2D eigenvalue weighted by atomic mass is 16.3. The van der Waals surface area contributed by atoms with Crippen molar-refractivity contribution in [3.05, 3.63) is 17.8 Å². The number of aliphatic hydroxyl groups is 1. The van der Waals surface area contributed by atoms with Crippen molar-refractivity contribution in [2.24, 2.45) is 0 Å². The first-order valence-electron chi connectivity index (χ1n) is 4.86. The Kier molecular flexibility index (Phi) is 3.44. The first kappa shape index (κ1) is 12.4. The number of likely N-dealkylation sites (N-methyl/N-ethyl adjacent to an activating group) is 1. The number of anilines is 1. The van der Waals surface area contributed by atoms with E-state index >= 15 is 0 Å². The van der Waals surface area contributed by atoms with Crippen LogP contribution in [-0.4, -0.2) is 45.3 Å². The maximum absolute atomic E-state index is 11.8. The van der Waals surface area contributed by atoms with Gasteiger partial charge in [0.05, 0.1) is 5.60 Å². The first-order valence-corrected chi connectivity index (χ1v) is 4.86. The number of nitrogens with two attached hydrogens (primary N) is 1. The molecule has 1 heterocycles. The molecule has 16 heavy (non-hydrogen) atoms. The van der Waals surface area contributed by atoms with E-state index in [1.165, 1.54) is 17.0 Å². The van der Waals surface area contributed by atoms with Gasteiger partial charge in [-0.15, -0.1) is 10.2 Å². The van der Waals surface area contributed by atoms with Gasteiger partial charge in [-0.25, -0.2) is 0 Å². The topological polar surface area (TPSA) is 92.3 Å². The minimum absolute atomic E-state index is 0.209. The molecule has 0 aliphatic rings. The van der Waals surface area contributed by atoms with Crippen LogP contribution in [0.3, 0.4) is 0 Å². The number of nitrogens with zero attached hydrogens (tertiary/aromatic N) is 3. The second-order valence-corrected chi connectivity index (χ2v) is 4.32. The summed E-state index contributed by atoms with van der Waals surface area (Å²) in [5.41, 5.74) is 4.64. The Balaban J connectivity index is 2.74. The number of hydrogen-bond acceptors (Lipinski definition) is 5. The third-order valence-electron chi connectivity index (χ3n) is 1.88. The zero-order valence-electron chi connectivity index (χ0n) is 9.64. The van der Waals surface area contributed by atoms with E-state index in [2.05, 4.69) is 10.2 Å². The zero-order chi connectivity index (χ0) is 12.3. The van der Waals surface area contributed by atoms with Crippen molar-refractivity contribution in [1.29, 1.82) is 0 Å². The molecule has 0 spiro atoms. The van der Waals surface area contributed by atoms with Gasteiger partial charge in [-0.2, -0.15) is 0 Å². The van der Waals surface area contributed by atoms with Crippen LogP contribution in [0, 0.1) is 0 Å². The summed E-state index contributed by atoms with van der Waals surface area (Å²) in [5.74, 6) is -0.0312. The summed E-state index contributed by atoms with van der Waals surface area (Å²) in [4.78, 5) is 13.2. The van der Waals surface area contributed by atoms with Crippen LogP contribution in [0.25, 0.3) is 0 Å². The van der Waals surface area contributed by atoms with E-state index in [0.29, 0.717) is 0 Å². The number of aromatic nitrogens is 2. The molecule has 1 aromatic rings. The molecule has 1 amide bonds. The summed E-state index contributed by atoms with van der Waals surface area (Å²) in [7, 11) is 1.60. The fourth-order valence-corrected chi connectivity index (χ4v) is 1.30. The molecule has 0 aliphatic heterocycles. The minimum atomic E-state index is -0.939. The highest BCUT2D eigenvalue weighted by Gasteiger charge is 2.21. The number of amides is 1. The van der Waals surface area contributed by atoms with Crippen LogP contribution in [0.5, 0.6) is 0 Å². The van der Waals surface area contributed by atoms with Crippen LogP contribution in [0.2, 0.25) is 0 Å². The monoisotopic (exact) mass is 224 g/mol. The Morgan fingerprint density at radius 2 is 2.12 bits per heavy atom. The first-order chi connectivity index (χ1) is 7.29. The number of rotatable bonds is 3. The number of carbonyl (C=O) groups excluding carboxylic acids is 1. The molecule has 1 rings (SSSR count). The molecule has 0 fully saturated rings. The summed E-state index contributed by atoms with van der Waals surface area (Å²) >= 11 is 0. The Morgan fingerprint density at radius 3 is 2.56 bits per heavy atom. The summed E-state index contributed by atoms with van der Waals surface area (Å²) in [6.07, 6.45) is 0. The standard InChI is InChI=1S/C10H16N4O2/c1-10(2,16)6-14(3)9(15)7-4-5-8(11)13-12-7/h4-5,16H,6H2,1-3H3,(H2,11,13). The lowest BCUT2D eigenvalue weighted by atomic mass is 10.1. The minimum Gasteiger partial charge on any atom is -0.389 e. The van der Waals surface area contributed by atoms with Crippen molar-refractivity contribution in [2.45, 2.75) is 19.4 Å². The predicted molar refractivity (Wildman–Crippen MR) is 59.7 cm³/mol. The van der Waals surface area contributed by atoms with Crippen LogP contribution >= 0.6 is 0 Å². The Labute approximate surface area is 94.1 Å². The summed E-state index contributed by atoms with van der Waals surface area (Å²) in [5, 5.41) is 16.9. The summed E-state index contributed by atoms with van der Waals surface area (Å²) < 4.78 is 0. The van der Waals surface area contributed by atoms with E-state index in [1.54, 1.807) is 20.9 Å². The van der Waals surface area contributed by atoms with Crippen LogP contribution in [0.15, 0.2) is 12.1 Å². The van der Waals surface area contributed by atoms with E-state index in [4.69, 9.17) is 5.73 Å². The summed E-state index contributed by atoms with van der Waals surface area (Å²) in [6.45, 7) is 3.48. The Morgan fingerprint density at radius 1 is 1.50 bits per heavy atom. The van der Waals surface area contributed by atoms with Gasteiger partial charge in [0.25, 0.3) is 5.91 Å². The van der Waals surface area contributed by atoms with Gasteiger partial charge in [0, 0.05) is 13.6 Å². The molecule has 88 valence electrons. The maximum atomic E-state index is 11.8. The predicted octanol–water partition coefficient (Wildman–Crippen LogP) is -0.0983. The van der Waals surface area contributed by atoms with E-state index in [-0.39, 0.29) is 24.0 Å². The molecule has 0 bridgehead atoms. The second kappa shape index (κ2) is 4.44. The van der Waals surface area contributed by atoms with Gasteiger partial charge in [0.2, 0.25) is 0 Å². The van der Waals surface area contributed by atoms with Gasteiger partial charge in [0.1, 0.15) is 5.82 Å². The highest BCUT2D eigenvalue weighted by molar-refractivity contribution is 5.92. The largest absolute Gasteiger partial charge is 0.389 e. The SMILES string of the molecule is CN(CC(C)(C)O)C(=O)c1ccc(N)nn1. The lowest BCUT2D eigenvalue weighted by molar-refractivity contribution is 0.0364. The lowest BCUT2D eigenvalue weighted by Crippen LogP contribution is -2.40. The summed E-state index contributed by atoms with van der Waals surface area (Å²) in [6, 6.07) is 3.02. The fourth-order valence-electron chi connectivity index (χ4n) is 1.30. The van der Waals surface area contributed by atoms with Gasteiger partial charge in [-0.1, -0.05) is 0 Å². The molecule has 0 atom stereocenters. The van der Waals surface area contributed by atoms with Crippen molar-refractivity contribution in [2.75, 3.05) is 19.3 Å². The molecular formula is C10H16N4O2. The Hall–Kier alpha value is -1.69. The molecule has 0 aliphatic carbocycles. The molecule has 0 aromatic carbocycles. The average molecular weight is 224 g/mol. The smallest absolute Gasteiger partial charge is 0.274 e. The molecule has 3 N–H and O–H groups in total. The molecular weight excluding hydrogens is 208 g/mol. The lowest BCUT2D eigenvalue weighted by Gasteiger charge is -2.25. The molecule has 1 aromatic heterocycles. The molecule has 0 saturated heterocycles. The van der Waals surface area contributed by atoms with Crippen molar-refractivity contribution in [3.63, 3.8) is 0 Å². The average Bonchev–Trinajstić information content (AvgIpc) is 2.15. The van der Waals surface area contributed by atoms with E-state index < -0.39 is 5.60 Å². The van der Waals surface area contributed by atoms with Gasteiger partial charge in [0.15, 0.2) is 5.69 Å². The van der Waals surface area contributed by atoms with E-state index in [1.807, 2.05) is 0 Å². The van der Waals surface area contributed by atoms with Gasteiger partial charge < -0.3 is 15.7 Å². The van der Waals surface area contributed by atoms with Crippen LogP contribution in [-0.2, 0) is 0 Å². The fraction of sp³-hybridized carbons (Fsp3) is 0.500.